The molecule has 0 radical (unpaired) electrons. The van der Waals surface area contributed by atoms with Gasteiger partial charge in [0.15, 0.2) is 11.5 Å². The number of nitrogens with zero attached hydrogens (tertiary/aromatic N) is 2. The normalized spacial score (nSPS) is 16.4. The molecule has 10 heteroatoms. The minimum Gasteiger partial charge on any atom is -0.490 e. The van der Waals surface area contributed by atoms with E-state index in [0.29, 0.717) is 37.8 Å². The van der Waals surface area contributed by atoms with Gasteiger partial charge in [0, 0.05) is 32.2 Å². The zero-order valence-electron chi connectivity index (χ0n) is 15.9. The molecule has 0 bridgehead atoms. The first-order chi connectivity index (χ1) is 12.3. The summed E-state index contributed by atoms with van der Waals surface area (Å²) in [4.78, 5) is 13.7. The van der Waals surface area contributed by atoms with Gasteiger partial charge in [0.25, 0.3) is 0 Å². The van der Waals surface area contributed by atoms with Crippen molar-refractivity contribution in [1.29, 1.82) is 0 Å². The van der Waals surface area contributed by atoms with Gasteiger partial charge in [-0.25, -0.2) is 8.42 Å². The minimum atomic E-state index is -3.68. The Morgan fingerprint density at radius 2 is 1.67 bits per heavy atom. The molecule has 2 rings (SSSR count). The van der Waals surface area contributed by atoms with E-state index >= 15 is 0 Å². The zero-order valence-corrected chi connectivity index (χ0v) is 17.5. The molecule has 1 aliphatic heterocycles. The lowest BCUT2D eigenvalue weighted by molar-refractivity contribution is -0.133. The van der Waals surface area contributed by atoms with Crippen molar-refractivity contribution >= 4 is 28.3 Å². The van der Waals surface area contributed by atoms with Gasteiger partial charge < -0.3 is 20.1 Å². The van der Waals surface area contributed by atoms with Crippen LogP contribution >= 0.6 is 12.4 Å². The highest BCUT2D eigenvalue weighted by Crippen LogP contribution is 2.31. The smallest absolute Gasteiger partial charge is 0.243 e. The van der Waals surface area contributed by atoms with Crippen LogP contribution in [0.3, 0.4) is 0 Å². The Labute approximate surface area is 167 Å². The summed E-state index contributed by atoms with van der Waals surface area (Å²) in [7, 11) is -3.68. The Hall–Kier alpha value is -1.55. The van der Waals surface area contributed by atoms with E-state index in [9.17, 15) is 13.2 Å². The molecule has 1 aromatic carbocycles. The second-order valence-corrected chi connectivity index (χ2v) is 7.93. The molecule has 1 atom stereocenters. The number of rotatable bonds is 7. The predicted octanol–water partition coefficient (Wildman–Crippen LogP) is 1.09. The number of carbonyl (C=O) groups excluding carboxylic acids is 1. The monoisotopic (exact) mass is 421 g/mol. The predicted molar refractivity (Wildman–Crippen MR) is 105 cm³/mol. The lowest BCUT2D eigenvalue weighted by atomic mass is 10.2. The van der Waals surface area contributed by atoms with E-state index in [4.69, 9.17) is 15.2 Å². The third-order valence-electron chi connectivity index (χ3n) is 4.09. The van der Waals surface area contributed by atoms with Crippen molar-refractivity contribution in [3.05, 3.63) is 18.2 Å². The number of amides is 1. The van der Waals surface area contributed by atoms with Crippen molar-refractivity contribution in [3.8, 4) is 11.5 Å². The van der Waals surface area contributed by atoms with E-state index in [0.717, 1.165) is 0 Å². The molecule has 1 amide bonds. The molecule has 1 aromatic rings. The SMILES string of the molecule is CCOc1ccc(S(=O)(=O)N2CCN(C(=O)[C@H](C)N)CC2)cc1OCC.Cl. The van der Waals surface area contributed by atoms with Crippen LogP contribution in [-0.4, -0.2) is 69.0 Å². The average molecular weight is 422 g/mol. The Kier molecular flexibility index (Phi) is 8.80. The summed E-state index contributed by atoms with van der Waals surface area (Å²) >= 11 is 0. The number of benzene rings is 1. The van der Waals surface area contributed by atoms with Crippen LogP contribution < -0.4 is 15.2 Å². The van der Waals surface area contributed by atoms with Crippen LogP contribution in [0.15, 0.2) is 23.1 Å². The molecule has 1 fully saturated rings. The molecule has 8 nitrogen and oxygen atoms in total. The fourth-order valence-electron chi connectivity index (χ4n) is 2.78. The first-order valence-corrected chi connectivity index (χ1v) is 10.2. The first kappa shape index (κ1) is 23.5. The number of hydrogen-bond donors (Lipinski definition) is 1. The second-order valence-electron chi connectivity index (χ2n) is 5.99. The Balaban J connectivity index is 0.00000364. The molecule has 0 aromatic heterocycles. The summed E-state index contributed by atoms with van der Waals surface area (Å²) in [6.45, 7) is 7.29. The first-order valence-electron chi connectivity index (χ1n) is 8.75. The van der Waals surface area contributed by atoms with E-state index in [-0.39, 0.29) is 36.3 Å². The summed E-state index contributed by atoms with van der Waals surface area (Å²) < 4.78 is 38.2. The molecular formula is C17H28ClN3O5S. The van der Waals surface area contributed by atoms with Crippen molar-refractivity contribution in [2.45, 2.75) is 31.7 Å². The number of carbonyl (C=O) groups is 1. The van der Waals surface area contributed by atoms with Crippen molar-refractivity contribution in [1.82, 2.24) is 9.21 Å². The average Bonchev–Trinajstić information content (AvgIpc) is 2.63. The molecule has 0 unspecified atom stereocenters. The highest BCUT2D eigenvalue weighted by Gasteiger charge is 2.31. The molecule has 1 heterocycles. The third kappa shape index (κ3) is 5.47. The Morgan fingerprint density at radius 3 is 2.19 bits per heavy atom. The van der Waals surface area contributed by atoms with Gasteiger partial charge in [-0.3, -0.25) is 4.79 Å². The Bertz CT molecular complexity index is 734. The highest BCUT2D eigenvalue weighted by molar-refractivity contribution is 7.89. The van der Waals surface area contributed by atoms with Crippen LogP contribution in [0.4, 0.5) is 0 Å². The van der Waals surface area contributed by atoms with Gasteiger partial charge in [-0.05, 0) is 32.9 Å². The van der Waals surface area contributed by atoms with Crippen LogP contribution in [-0.2, 0) is 14.8 Å². The van der Waals surface area contributed by atoms with Crippen LogP contribution in [0.5, 0.6) is 11.5 Å². The lowest BCUT2D eigenvalue weighted by Crippen LogP contribution is -2.53. The van der Waals surface area contributed by atoms with E-state index < -0.39 is 16.1 Å². The molecule has 154 valence electrons. The van der Waals surface area contributed by atoms with Crippen molar-refractivity contribution < 1.29 is 22.7 Å². The van der Waals surface area contributed by atoms with E-state index in [1.807, 2.05) is 13.8 Å². The molecule has 0 aliphatic carbocycles. The molecule has 2 N–H and O–H groups in total. The fraction of sp³-hybridized carbons (Fsp3) is 0.588. The molecule has 1 aliphatic rings. The van der Waals surface area contributed by atoms with Gasteiger partial charge in [0.2, 0.25) is 15.9 Å². The standard InChI is InChI=1S/C17H27N3O5S.ClH/c1-4-24-15-7-6-14(12-16(15)25-5-2)26(22,23)20-10-8-19(9-11-20)17(21)13(3)18;/h6-7,12-13H,4-5,8-11,18H2,1-3H3;1H/t13-;/m0./s1. The van der Waals surface area contributed by atoms with Gasteiger partial charge >= 0.3 is 0 Å². The van der Waals surface area contributed by atoms with Crippen molar-refractivity contribution in [3.63, 3.8) is 0 Å². The highest BCUT2D eigenvalue weighted by atomic mass is 35.5. The van der Waals surface area contributed by atoms with Gasteiger partial charge in [0.05, 0.1) is 24.2 Å². The van der Waals surface area contributed by atoms with Gasteiger partial charge in [0.1, 0.15) is 0 Å². The van der Waals surface area contributed by atoms with Crippen LogP contribution in [0.2, 0.25) is 0 Å². The van der Waals surface area contributed by atoms with E-state index in [1.165, 1.54) is 16.4 Å². The number of ether oxygens (including phenoxy) is 2. The number of piperazine rings is 1. The zero-order chi connectivity index (χ0) is 19.3. The number of halogens is 1. The van der Waals surface area contributed by atoms with E-state index in [1.54, 1.807) is 17.9 Å². The molecule has 0 spiro atoms. The fourth-order valence-corrected chi connectivity index (χ4v) is 4.22. The van der Waals surface area contributed by atoms with Gasteiger partial charge in [-0.1, -0.05) is 0 Å². The molecule has 0 saturated carbocycles. The number of hydrogen-bond acceptors (Lipinski definition) is 6. The Morgan fingerprint density at radius 1 is 1.11 bits per heavy atom. The minimum absolute atomic E-state index is 0. The van der Waals surface area contributed by atoms with Crippen molar-refractivity contribution in [2.75, 3.05) is 39.4 Å². The number of nitrogens with two attached hydrogens (primary N) is 1. The largest absolute Gasteiger partial charge is 0.490 e. The van der Waals surface area contributed by atoms with E-state index in [2.05, 4.69) is 0 Å². The topological polar surface area (TPSA) is 102 Å². The molecule has 27 heavy (non-hydrogen) atoms. The maximum Gasteiger partial charge on any atom is 0.243 e. The summed E-state index contributed by atoms with van der Waals surface area (Å²) in [6.07, 6.45) is 0. The summed E-state index contributed by atoms with van der Waals surface area (Å²) in [5, 5.41) is 0. The summed E-state index contributed by atoms with van der Waals surface area (Å²) in [6, 6.07) is 4.03. The quantitative estimate of drug-likeness (QED) is 0.706. The summed E-state index contributed by atoms with van der Waals surface area (Å²) in [5.74, 6) is 0.753. The third-order valence-corrected chi connectivity index (χ3v) is 5.99. The maximum atomic E-state index is 12.9. The van der Waals surface area contributed by atoms with Gasteiger partial charge in [-0.15, -0.1) is 12.4 Å². The van der Waals surface area contributed by atoms with Crippen LogP contribution in [0, 0.1) is 0 Å². The summed E-state index contributed by atoms with van der Waals surface area (Å²) in [5.41, 5.74) is 5.61. The maximum absolute atomic E-state index is 12.9. The van der Waals surface area contributed by atoms with Crippen LogP contribution in [0.25, 0.3) is 0 Å². The lowest BCUT2D eigenvalue weighted by Gasteiger charge is -2.34. The van der Waals surface area contributed by atoms with Crippen molar-refractivity contribution in [2.24, 2.45) is 5.73 Å². The molecule has 1 saturated heterocycles. The van der Waals surface area contributed by atoms with Gasteiger partial charge in [-0.2, -0.15) is 4.31 Å². The molecular weight excluding hydrogens is 394 g/mol. The van der Waals surface area contributed by atoms with Crippen LogP contribution in [0.1, 0.15) is 20.8 Å². The second kappa shape index (κ2) is 10.1. The number of sulfonamides is 1.